The van der Waals surface area contributed by atoms with Crippen molar-refractivity contribution < 1.29 is 26.4 Å². The third kappa shape index (κ3) is 3.49. The van der Waals surface area contributed by atoms with Crippen molar-refractivity contribution in [2.75, 3.05) is 0 Å². The zero-order chi connectivity index (χ0) is 17.2. The number of aldehydes is 1. The zero-order valence-electron chi connectivity index (χ0n) is 12.1. The highest BCUT2D eigenvalue weighted by molar-refractivity contribution is 7.91. The summed E-state index contributed by atoms with van der Waals surface area (Å²) in [6.07, 6.45) is -4.13. The van der Waals surface area contributed by atoms with Gasteiger partial charge >= 0.3 is 0 Å². The summed E-state index contributed by atoms with van der Waals surface area (Å²) < 4.78 is 65.8. The fraction of sp³-hybridized carbons (Fsp3) is 0.429. The maximum Gasteiger partial charge on any atom is 0.262 e. The first-order valence-corrected chi connectivity index (χ1v) is 7.82. The van der Waals surface area contributed by atoms with E-state index in [9.17, 15) is 26.4 Å². The summed E-state index contributed by atoms with van der Waals surface area (Å²) in [5.41, 5.74) is -3.27. The Labute approximate surface area is 127 Å². The minimum absolute atomic E-state index is 0.122. The van der Waals surface area contributed by atoms with E-state index in [4.69, 9.17) is 0 Å². The van der Waals surface area contributed by atoms with Gasteiger partial charge in [-0.3, -0.25) is 0 Å². The van der Waals surface area contributed by atoms with Gasteiger partial charge in [0.25, 0.3) is 6.43 Å². The monoisotopic (exact) mass is 336 g/mol. The molecule has 4 nitrogen and oxygen atoms in total. The second-order valence-corrected chi connectivity index (χ2v) is 7.80. The predicted molar refractivity (Wildman–Crippen MR) is 76.3 cm³/mol. The molecule has 123 valence electrons. The van der Waals surface area contributed by atoms with E-state index in [0.29, 0.717) is 0 Å². The Balaban J connectivity index is 3.55. The minimum Gasteiger partial charge on any atom is -0.303 e. The van der Waals surface area contributed by atoms with Gasteiger partial charge in [0.15, 0.2) is 0 Å². The molecule has 1 rings (SSSR count). The van der Waals surface area contributed by atoms with E-state index in [2.05, 4.69) is 6.92 Å². The molecule has 0 saturated carbocycles. The highest BCUT2D eigenvalue weighted by Gasteiger charge is 2.48. The lowest BCUT2D eigenvalue weighted by Gasteiger charge is -2.35. The number of nitrogens with one attached hydrogen (secondary N) is 1. The quantitative estimate of drug-likeness (QED) is 0.778. The lowest BCUT2D eigenvalue weighted by Crippen LogP contribution is -2.56. The smallest absolute Gasteiger partial charge is 0.262 e. The molecule has 0 heterocycles. The highest BCUT2D eigenvalue weighted by atomic mass is 32.2. The zero-order valence-corrected chi connectivity index (χ0v) is 13.0. The van der Waals surface area contributed by atoms with Gasteiger partial charge in [-0.2, -0.15) is 4.72 Å². The van der Waals surface area contributed by atoms with Crippen LogP contribution in [0.25, 0.3) is 0 Å². The highest BCUT2D eigenvalue weighted by Crippen LogP contribution is 2.35. The molecule has 1 radical (unpaired) electrons. The molecule has 1 N–H and O–H groups in total. The molecule has 0 aromatic heterocycles. The number of benzene rings is 1. The summed E-state index contributed by atoms with van der Waals surface area (Å²) in [6, 6.07) is 4.49. The minimum atomic E-state index is -4.35. The average Bonchev–Trinajstić information content (AvgIpc) is 2.36. The molecular formula is C14H17F3NO3S. The molecular weight excluding hydrogens is 319 g/mol. The summed E-state index contributed by atoms with van der Waals surface area (Å²) in [6.45, 7) is 5.79. The van der Waals surface area contributed by atoms with Crippen molar-refractivity contribution in [3.05, 3.63) is 42.6 Å². The number of hydrogen-bond acceptors (Lipinski definition) is 3. The Bertz CT molecular complexity index is 641. The van der Waals surface area contributed by atoms with Gasteiger partial charge in [0.1, 0.15) is 17.6 Å². The fourth-order valence-corrected chi connectivity index (χ4v) is 2.83. The molecule has 1 aromatic rings. The van der Waals surface area contributed by atoms with Gasteiger partial charge in [-0.1, -0.05) is 18.2 Å². The number of halogens is 3. The summed E-state index contributed by atoms with van der Waals surface area (Å²) in [5.74, 6) is -1.03. The number of carbonyl (C=O) groups is 1. The van der Waals surface area contributed by atoms with Crippen LogP contribution in [0.2, 0.25) is 0 Å². The van der Waals surface area contributed by atoms with Crippen molar-refractivity contribution in [3.63, 3.8) is 0 Å². The summed E-state index contributed by atoms with van der Waals surface area (Å²) >= 11 is 0. The lowest BCUT2D eigenvalue weighted by molar-refractivity contribution is -0.111. The van der Waals surface area contributed by atoms with Gasteiger partial charge in [0.05, 0.1) is 4.75 Å². The molecule has 0 aliphatic heterocycles. The SMILES string of the molecule is [CH2]C(C)(C)S(=O)(=O)N[C@@](CC=O)(c1ccccc1F)C(F)F. The average molecular weight is 336 g/mol. The topological polar surface area (TPSA) is 63.2 Å². The first kappa shape index (κ1) is 18.6. The lowest BCUT2D eigenvalue weighted by atomic mass is 9.88. The number of alkyl halides is 2. The Morgan fingerprint density at radius 2 is 1.86 bits per heavy atom. The van der Waals surface area contributed by atoms with E-state index in [1.165, 1.54) is 26.0 Å². The molecule has 0 saturated heterocycles. The molecule has 22 heavy (non-hydrogen) atoms. The predicted octanol–water partition coefficient (Wildman–Crippen LogP) is 2.41. The molecule has 1 atom stereocenters. The molecule has 0 amide bonds. The molecule has 0 aliphatic carbocycles. The van der Waals surface area contributed by atoms with Crippen molar-refractivity contribution in [1.29, 1.82) is 0 Å². The van der Waals surface area contributed by atoms with Gasteiger partial charge in [-0.15, -0.1) is 0 Å². The fourth-order valence-electron chi connectivity index (χ4n) is 1.79. The van der Waals surface area contributed by atoms with Crippen LogP contribution in [-0.4, -0.2) is 25.9 Å². The summed E-state index contributed by atoms with van der Waals surface area (Å²) in [4.78, 5) is 10.8. The van der Waals surface area contributed by atoms with Crippen molar-refractivity contribution in [1.82, 2.24) is 4.72 Å². The second-order valence-electron chi connectivity index (χ2n) is 5.49. The number of sulfonamides is 1. The maximum absolute atomic E-state index is 13.9. The van der Waals surface area contributed by atoms with Crippen LogP contribution in [0.3, 0.4) is 0 Å². The van der Waals surface area contributed by atoms with E-state index in [1.54, 1.807) is 4.72 Å². The molecule has 0 bridgehead atoms. The largest absolute Gasteiger partial charge is 0.303 e. The van der Waals surface area contributed by atoms with Crippen molar-refractivity contribution in [3.8, 4) is 0 Å². The first-order chi connectivity index (χ1) is 9.98. The van der Waals surface area contributed by atoms with E-state index in [0.717, 1.165) is 12.1 Å². The molecule has 0 spiro atoms. The van der Waals surface area contributed by atoms with Gasteiger partial charge in [-0.25, -0.2) is 21.6 Å². The van der Waals surface area contributed by atoms with Crippen LogP contribution in [-0.2, 0) is 20.4 Å². The number of hydrogen-bond donors (Lipinski definition) is 1. The molecule has 0 aliphatic rings. The van der Waals surface area contributed by atoms with E-state index in [-0.39, 0.29) is 6.29 Å². The van der Waals surface area contributed by atoms with Crippen molar-refractivity contribution in [2.45, 2.75) is 37.0 Å². The second kappa shape index (κ2) is 6.37. The molecule has 1 aromatic carbocycles. The van der Waals surface area contributed by atoms with Crippen LogP contribution in [0.15, 0.2) is 24.3 Å². The normalized spacial score (nSPS) is 15.6. The van der Waals surface area contributed by atoms with Gasteiger partial charge in [-0.05, 0) is 26.8 Å². The molecule has 8 heteroatoms. The Morgan fingerprint density at radius 3 is 2.27 bits per heavy atom. The van der Waals surface area contributed by atoms with Crippen molar-refractivity contribution >= 4 is 16.3 Å². The van der Waals surface area contributed by atoms with Crippen LogP contribution in [0.1, 0.15) is 25.8 Å². The van der Waals surface area contributed by atoms with Crippen LogP contribution in [0.5, 0.6) is 0 Å². The molecule has 0 unspecified atom stereocenters. The van der Waals surface area contributed by atoms with Gasteiger partial charge in [0, 0.05) is 12.0 Å². The standard InChI is InChI=1S/C14H17F3NO3S/c1-13(2,3)22(20,21)18-14(8-9-19,12(16)17)10-6-4-5-7-11(10)15/h4-7,9,12,18H,1,8H2,2-3H3/t14-/m0/s1. The third-order valence-electron chi connectivity index (χ3n) is 3.18. The summed E-state index contributed by atoms with van der Waals surface area (Å²) in [7, 11) is -4.35. The number of carbonyl (C=O) groups excluding carboxylic acids is 1. The van der Waals surface area contributed by atoms with Gasteiger partial charge < -0.3 is 4.79 Å². The van der Waals surface area contributed by atoms with Crippen LogP contribution >= 0.6 is 0 Å². The Morgan fingerprint density at radius 1 is 1.32 bits per heavy atom. The third-order valence-corrected chi connectivity index (χ3v) is 5.26. The van der Waals surface area contributed by atoms with Gasteiger partial charge in [0.2, 0.25) is 10.0 Å². The summed E-state index contributed by atoms with van der Waals surface area (Å²) in [5, 5.41) is 0. The number of rotatable bonds is 7. The van der Waals surface area contributed by atoms with Crippen LogP contribution < -0.4 is 4.72 Å². The van der Waals surface area contributed by atoms with Crippen LogP contribution in [0.4, 0.5) is 13.2 Å². The Hall–Kier alpha value is -1.41. The molecule has 0 fully saturated rings. The van der Waals surface area contributed by atoms with E-state index < -0.39 is 44.5 Å². The Kier molecular flexibility index (Phi) is 5.40. The van der Waals surface area contributed by atoms with E-state index >= 15 is 0 Å². The first-order valence-electron chi connectivity index (χ1n) is 6.33. The van der Waals surface area contributed by atoms with E-state index in [1.807, 2.05) is 0 Å². The maximum atomic E-state index is 13.9. The van der Waals surface area contributed by atoms with Crippen molar-refractivity contribution in [2.24, 2.45) is 0 Å². The van der Waals surface area contributed by atoms with Crippen LogP contribution in [0, 0.1) is 12.7 Å².